The van der Waals surface area contributed by atoms with E-state index in [2.05, 4.69) is 10.6 Å². The maximum Gasteiger partial charge on any atom is 0.329 e. The van der Waals surface area contributed by atoms with Gasteiger partial charge in [0.2, 0.25) is 5.91 Å². The van der Waals surface area contributed by atoms with Crippen LogP contribution in [-0.2, 0) is 14.3 Å². The van der Waals surface area contributed by atoms with Crippen LogP contribution >= 0.6 is 11.8 Å². The Morgan fingerprint density at radius 1 is 1.30 bits per heavy atom. The standard InChI is InChI=1S/C13H22N2O4S/c16-11(9-20-10-1-5-14-6-2-10)15-13(12(17)18)3-7-19-8-4-13/h10,14H,1-9H2,(H,15,16)(H,17,18). The summed E-state index contributed by atoms with van der Waals surface area (Å²) in [6.45, 7) is 2.76. The zero-order chi connectivity index (χ0) is 14.4. The average Bonchev–Trinajstić information content (AvgIpc) is 2.47. The lowest BCUT2D eigenvalue weighted by Crippen LogP contribution is -2.58. The van der Waals surface area contributed by atoms with E-state index in [9.17, 15) is 14.7 Å². The summed E-state index contributed by atoms with van der Waals surface area (Å²) >= 11 is 1.63. The highest BCUT2D eigenvalue weighted by atomic mass is 32.2. The number of aliphatic carboxylic acids is 1. The highest BCUT2D eigenvalue weighted by molar-refractivity contribution is 8.00. The van der Waals surface area contributed by atoms with Gasteiger partial charge in [-0.15, -0.1) is 11.8 Å². The van der Waals surface area contributed by atoms with Crippen LogP contribution in [0, 0.1) is 0 Å². The van der Waals surface area contributed by atoms with Crippen molar-refractivity contribution in [2.24, 2.45) is 0 Å². The predicted octanol–water partition coefficient (Wildman–Crippen LogP) is 0.222. The van der Waals surface area contributed by atoms with Gasteiger partial charge in [-0.1, -0.05) is 0 Å². The van der Waals surface area contributed by atoms with E-state index in [1.165, 1.54) is 0 Å². The second-order valence-electron chi connectivity index (χ2n) is 5.31. The van der Waals surface area contributed by atoms with Gasteiger partial charge < -0.3 is 20.5 Å². The Morgan fingerprint density at radius 2 is 1.95 bits per heavy atom. The number of nitrogens with one attached hydrogen (secondary N) is 2. The van der Waals surface area contributed by atoms with Gasteiger partial charge in [0.15, 0.2) is 0 Å². The van der Waals surface area contributed by atoms with Crippen LogP contribution in [0.4, 0.5) is 0 Å². The van der Waals surface area contributed by atoms with Gasteiger partial charge in [0.25, 0.3) is 0 Å². The van der Waals surface area contributed by atoms with Crippen molar-refractivity contribution >= 4 is 23.6 Å². The molecule has 0 saturated carbocycles. The van der Waals surface area contributed by atoms with Crippen molar-refractivity contribution in [1.29, 1.82) is 0 Å². The molecule has 0 aromatic rings. The van der Waals surface area contributed by atoms with Crippen LogP contribution in [0.5, 0.6) is 0 Å². The molecule has 0 aliphatic carbocycles. The summed E-state index contributed by atoms with van der Waals surface area (Å²) in [6.07, 6.45) is 2.81. The van der Waals surface area contributed by atoms with Gasteiger partial charge in [-0.3, -0.25) is 4.79 Å². The monoisotopic (exact) mass is 302 g/mol. The van der Waals surface area contributed by atoms with Gasteiger partial charge in [-0.25, -0.2) is 4.79 Å². The molecule has 2 aliphatic heterocycles. The molecular formula is C13H22N2O4S. The van der Waals surface area contributed by atoms with Crippen molar-refractivity contribution < 1.29 is 19.4 Å². The van der Waals surface area contributed by atoms with Crippen LogP contribution in [0.2, 0.25) is 0 Å². The van der Waals surface area contributed by atoms with E-state index in [-0.39, 0.29) is 5.91 Å². The van der Waals surface area contributed by atoms with E-state index >= 15 is 0 Å². The summed E-state index contributed by atoms with van der Waals surface area (Å²) in [5, 5.41) is 15.9. The first-order chi connectivity index (χ1) is 9.62. The van der Waals surface area contributed by atoms with Gasteiger partial charge in [-0.2, -0.15) is 0 Å². The number of amides is 1. The molecule has 2 heterocycles. The first-order valence-electron chi connectivity index (χ1n) is 7.07. The number of carbonyl (C=O) groups is 2. The molecule has 0 unspecified atom stereocenters. The van der Waals surface area contributed by atoms with E-state index in [1.54, 1.807) is 11.8 Å². The van der Waals surface area contributed by atoms with Gasteiger partial charge in [0.05, 0.1) is 5.75 Å². The molecule has 1 amide bonds. The lowest BCUT2D eigenvalue weighted by molar-refractivity contribution is -0.151. The minimum Gasteiger partial charge on any atom is -0.480 e. The molecule has 2 rings (SSSR count). The van der Waals surface area contributed by atoms with Crippen LogP contribution in [0.3, 0.4) is 0 Å². The van der Waals surface area contributed by atoms with Gasteiger partial charge >= 0.3 is 5.97 Å². The second-order valence-corrected chi connectivity index (χ2v) is 6.60. The summed E-state index contributed by atoms with van der Waals surface area (Å²) in [5.74, 6) is -0.806. The number of rotatable bonds is 5. The van der Waals surface area contributed by atoms with Crippen molar-refractivity contribution in [3.05, 3.63) is 0 Å². The summed E-state index contributed by atoms with van der Waals surface area (Å²) in [4.78, 5) is 23.4. The number of piperidine rings is 1. The van der Waals surface area contributed by atoms with E-state index in [4.69, 9.17) is 4.74 Å². The lowest BCUT2D eigenvalue weighted by atomic mass is 9.90. The van der Waals surface area contributed by atoms with E-state index in [1.807, 2.05) is 0 Å². The van der Waals surface area contributed by atoms with Crippen molar-refractivity contribution in [2.45, 2.75) is 36.5 Å². The van der Waals surface area contributed by atoms with Crippen LogP contribution < -0.4 is 10.6 Å². The van der Waals surface area contributed by atoms with Gasteiger partial charge in [-0.05, 0) is 25.9 Å². The summed E-state index contributed by atoms with van der Waals surface area (Å²) < 4.78 is 5.18. The maximum atomic E-state index is 12.0. The Balaban J connectivity index is 1.80. The Morgan fingerprint density at radius 3 is 2.55 bits per heavy atom. The van der Waals surface area contributed by atoms with Crippen LogP contribution in [-0.4, -0.2) is 59.8 Å². The largest absolute Gasteiger partial charge is 0.480 e. The predicted molar refractivity (Wildman–Crippen MR) is 76.9 cm³/mol. The number of carboxylic acid groups (broad SMARTS) is 1. The zero-order valence-electron chi connectivity index (χ0n) is 11.5. The van der Waals surface area contributed by atoms with Crippen molar-refractivity contribution in [2.75, 3.05) is 32.1 Å². The maximum absolute atomic E-state index is 12.0. The molecule has 20 heavy (non-hydrogen) atoms. The third-order valence-electron chi connectivity index (χ3n) is 3.87. The second kappa shape index (κ2) is 7.28. The molecule has 0 atom stereocenters. The molecule has 0 aromatic carbocycles. The first kappa shape index (κ1) is 15.6. The summed E-state index contributed by atoms with van der Waals surface area (Å²) in [7, 11) is 0. The average molecular weight is 302 g/mol. The zero-order valence-corrected chi connectivity index (χ0v) is 12.3. The summed E-state index contributed by atoms with van der Waals surface area (Å²) in [6, 6.07) is 0. The highest BCUT2D eigenvalue weighted by Crippen LogP contribution is 2.23. The SMILES string of the molecule is O=C(CSC1CCNCC1)NC1(C(=O)O)CCOCC1. The minimum atomic E-state index is -1.13. The third-order valence-corrected chi connectivity index (χ3v) is 5.24. The van der Waals surface area contributed by atoms with Crippen LogP contribution in [0.15, 0.2) is 0 Å². The topological polar surface area (TPSA) is 87.7 Å². The Hall–Kier alpha value is -0.790. The number of hydrogen-bond acceptors (Lipinski definition) is 5. The van der Waals surface area contributed by atoms with Crippen LogP contribution in [0.25, 0.3) is 0 Å². The summed E-state index contributed by atoms with van der Waals surface area (Å²) in [5.41, 5.74) is -1.13. The number of ether oxygens (including phenoxy) is 1. The van der Waals surface area contributed by atoms with Crippen molar-refractivity contribution in [1.82, 2.24) is 10.6 Å². The molecule has 2 aliphatic rings. The van der Waals surface area contributed by atoms with Crippen molar-refractivity contribution in [3.63, 3.8) is 0 Å². The van der Waals surface area contributed by atoms with Crippen LogP contribution in [0.1, 0.15) is 25.7 Å². The molecule has 2 saturated heterocycles. The Kier molecular flexibility index (Phi) is 5.68. The molecule has 0 radical (unpaired) electrons. The minimum absolute atomic E-state index is 0.183. The van der Waals surface area contributed by atoms with Crippen molar-refractivity contribution in [3.8, 4) is 0 Å². The fraction of sp³-hybridized carbons (Fsp3) is 0.846. The fourth-order valence-electron chi connectivity index (χ4n) is 2.57. The third kappa shape index (κ3) is 4.10. The van der Waals surface area contributed by atoms with Gasteiger partial charge in [0, 0.05) is 31.3 Å². The normalized spacial score (nSPS) is 23.2. The molecular weight excluding hydrogens is 280 g/mol. The number of carbonyl (C=O) groups excluding carboxylic acids is 1. The molecule has 3 N–H and O–H groups in total. The fourth-order valence-corrected chi connectivity index (χ4v) is 3.60. The van der Waals surface area contributed by atoms with E-state index in [0.29, 0.717) is 37.1 Å². The number of thioether (sulfide) groups is 1. The van der Waals surface area contributed by atoms with Gasteiger partial charge in [0.1, 0.15) is 5.54 Å². The Bertz CT molecular complexity index is 352. The van der Waals surface area contributed by atoms with E-state index < -0.39 is 11.5 Å². The number of hydrogen-bond donors (Lipinski definition) is 3. The molecule has 0 spiro atoms. The quantitative estimate of drug-likeness (QED) is 0.673. The highest BCUT2D eigenvalue weighted by Gasteiger charge is 2.41. The molecule has 0 bridgehead atoms. The molecule has 114 valence electrons. The molecule has 2 fully saturated rings. The van der Waals surface area contributed by atoms with E-state index in [0.717, 1.165) is 25.9 Å². The molecule has 0 aromatic heterocycles. The lowest BCUT2D eigenvalue weighted by Gasteiger charge is -2.34. The number of carboxylic acids is 1. The molecule has 7 heteroatoms. The first-order valence-corrected chi connectivity index (χ1v) is 8.12. The smallest absolute Gasteiger partial charge is 0.329 e. The molecule has 6 nitrogen and oxygen atoms in total. The Labute approximate surface area is 123 Å².